The van der Waals surface area contributed by atoms with Crippen molar-refractivity contribution < 1.29 is 4.79 Å². The second kappa shape index (κ2) is 3.42. The first kappa shape index (κ1) is 8.39. The van der Waals surface area contributed by atoms with Crippen LogP contribution in [0.2, 0.25) is 0 Å². The van der Waals surface area contributed by atoms with Crippen LogP contribution in [-0.4, -0.2) is 18.0 Å². The Hall–Kier alpha value is -0.610. The smallest absolute Gasteiger partial charge is 0.234 e. The maximum Gasteiger partial charge on any atom is 0.234 e. The van der Waals surface area contributed by atoms with Gasteiger partial charge < -0.3 is 17.2 Å². The van der Waals surface area contributed by atoms with E-state index in [9.17, 15) is 4.79 Å². The van der Waals surface area contributed by atoms with Gasteiger partial charge >= 0.3 is 0 Å². The second-order valence-electron chi connectivity index (χ2n) is 2.22. The Kier molecular flexibility index (Phi) is 3.19. The summed E-state index contributed by atoms with van der Waals surface area (Å²) in [6.45, 7) is 1.78. The Bertz CT molecular complexity index is 102. The maximum absolute atomic E-state index is 10.3. The summed E-state index contributed by atoms with van der Waals surface area (Å²) in [5.41, 5.74) is 15.5. The van der Waals surface area contributed by atoms with E-state index >= 15 is 0 Å². The van der Waals surface area contributed by atoms with Crippen LogP contribution in [-0.2, 0) is 4.79 Å². The van der Waals surface area contributed by atoms with E-state index in [0.29, 0.717) is 6.42 Å². The van der Waals surface area contributed by atoms with E-state index in [0.717, 1.165) is 0 Å². The first-order chi connectivity index (χ1) is 4.04. The lowest BCUT2D eigenvalue weighted by atomic mass is 10.1. The van der Waals surface area contributed by atoms with Gasteiger partial charge in [-0.2, -0.15) is 0 Å². The van der Waals surface area contributed by atoms with Crippen LogP contribution in [0.5, 0.6) is 0 Å². The Morgan fingerprint density at radius 3 is 2.11 bits per heavy atom. The molecule has 4 nitrogen and oxygen atoms in total. The van der Waals surface area contributed by atoms with Gasteiger partial charge in [-0.1, -0.05) is 0 Å². The zero-order valence-electron chi connectivity index (χ0n) is 5.50. The highest BCUT2D eigenvalue weighted by atomic mass is 16.1. The van der Waals surface area contributed by atoms with Gasteiger partial charge in [0.2, 0.25) is 5.91 Å². The zero-order chi connectivity index (χ0) is 7.44. The topological polar surface area (TPSA) is 95.1 Å². The molecule has 6 N–H and O–H groups in total. The average Bonchev–Trinajstić information content (AvgIpc) is 1.63. The fraction of sp³-hybridized carbons (Fsp3) is 0.800. The van der Waals surface area contributed by atoms with E-state index < -0.39 is 11.9 Å². The molecule has 9 heavy (non-hydrogen) atoms. The third-order valence-corrected chi connectivity index (χ3v) is 0.991. The molecule has 0 spiro atoms. The summed E-state index contributed by atoms with van der Waals surface area (Å²) in [7, 11) is 0. The average molecular weight is 131 g/mol. The Labute approximate surface area is 54.4 Å². The van der Waals surface area contributed by atoms with Crippen molar-refractivity contribution in [3.05, 3.63) is 0 Å². The second-order valence-corrected chi connectivity index (χ2v) is 2.22. The lowest BCUT2D eigenvalue weighted by molar-refractivity contribution is -0.119. The number of nitrogens with two attached hydrogens (primary N) is 3. The van der Waals surface area contributed by atoms with Gasteiger partial charge in [-0.25, -0.2) is 0 Å². The molecule has 0 bridgehead atoms. The van der Waals surface area contributed by atoms with Crippen LogP contribution < -0.4 is 17.2 Å². The number of rotatable bonds is 3. The van der Waals surface area contributed by atoms with Gasteiger partial charge in [0.1, 0.15) is 0 Å². The normalized spacial score (nSPS) is 16.8. The first-order valence-electron chi connectivity index (χ1n) is 2.84. The highest BCUT2D eigenvalue weighted by molar-refractivity contribution is 5.79. The van der Waals surface area contributed by atoms with Gasteiger partial charge in [0.25, 0.3) is 0 Å². The molecule has 0 aliphatic carbocycles. The summed E-state index contributed by atoms with van der Waals surface area (Å²) in [6, 6.07) is -0.655. The molecule has 54 valence electrons. The van der Waals surface area contributed by atoms with Gasteiger partial charge in [-0.05, 0) is 13.3 Å². The van der Waals surface area contributed by atoms with Crippen LogP contribution >= 0.6 is 0 Å². The highest BCUT2D eigenvalue weighted by Gasteiger charge is 2.09. The largest absolute Gasteiger partial charge is 0.368 e. The van der Waals surface area contributed by atoms with Crippen molar-refractivity contribution in [3.63, 3.8) is 0 Å². The number of hydrogen-bond donors (Lipinski definition) is 3. The number of primary amides is 1. The predicted octanol–water partition coefficient (Wildman–Crippen LogP) is -1.46. The van der Waals surface area contributed by atoms with Crippen molar-refractivity contribution in [2.24, 2.45) is 17.2 Å². The molecule has 0 saturated carbocycles. The van der Waals surface area contributed by atoms with E-state index in [-0.39, 0.29) is 6.04 Å². The molecule has 0 fully saturated rings. The molecule has 1 amide bonds. The van der Waals surface area contributed by atoms with E-state index in [1.165, 1.54) is 0 Å². The summed E-state index contributed by atoms with van der Waals surface area (Å²) < 4.78 is 0. The zero-order valence-corrected chi connectivity index (χ0v) is 5.50. The molecular formula is C5H13N3O. The van der Waals surface area contributed by atoms with Crippen molar-refractivity contribution in [2.75, 3.05) is 0 Å². The summed E-state index contributed by atoms with van der Waals surface area (Å²) in [5, 5.41) is 0. The van der Waals surface area contributed by atoms with Crippen molar-refractivity contribution in [3.8, 4) is 0 Å². The fourth-order valence-corrected chi connectivity index (χ4v) is 0.517. The molecule has 0 aliphatic heterocycles. The number of carbonyl (C=O) groups excluding carboxylic acids is 1. The van der Waals surface area contributed by atoms with E-state index in [2.05, 4.69) is 0 Å². The quantitative estimate of drug-likeness (QED) is 0.436. The predicted molar refractivity (Wildman–Crippen MR) is 35.4 cm³/mol. The summed E-state index contributed by atoms with van der Waals surface area (Å²) in [4.78, 5) is 10.3. The lowest BCUT2D eigenvalue weighted by Crippen LogP contribution is -2.40. The minimum Gasteiger partial charge on any atom is -0.368 e. The van der Waals surface area contributed by atoms with Crippen LogP contribution in [0.25, 0.3) is 0 Å². The Morgan fingerprint density at radius 1 is 1.56 bits per heavy atom. The molecule has 0 rings (SSSR count). The molecule has 0 saturated heterocycles. The Morgan fingerprint density at radius 2 is 2.00 bits per heavy atom. The molecule has 0 heterocycles. The maximum atomic E-state index is 10.3. The molecule has 0 aromatic carbocycles. The van der Waals surface area contributed by atoms with Crippen LogP contribution in [0.3, 0.4) is 0 Å². The third kappa shape index (κ3) is 3.93. The van der Waals surface area contributed by atoms with Crippen molar-refractivity contribution in [2.45, 2.75) is 25.4 Å². The van der Waals surface area contributed by atoms with Crippen molar-refractivity contribution in [1.29, 1.82) is 0 Å². The SMILES string of the molecule is CC(N)CC(N)C(N)=O. The van der Waals surface area contributed by atoms with Gasteiger partial charge in [0.05, 0.1) is 6.04 Å². The van der Waals surface area contributed by atoms with Gasteiger partial charge in [0.15, 0.2) is 0 Å². The fourth-order valence-electron chi connectivity index (χ4n) is 0.517. The number of carbonyl (C=O) groups is 1. The molecule has 2 atom stereocenters. The molecular weight excluding hydrogens is 118 g/mol. The van der Waals surface area contributed by atoms with Crippen molar-refractivity contribution in [1.82, 2.24) is 0 Å². The highest BCUT2D eigenvalue weighted by Crippen LogP contribution is 1.89. The molecule has 0 aromatic rings. The summed E-state index contributed by atoms with van der Waals surface area (Å²) >= 11 is 0. The number of amides is 1. The van der Waals surface area contributed by atoms with Gasteiger partial charge in [-0.3, -0.25) is 4.79 Å². The van der Waals surface area contributed by atoms with E-state index in [1.807, 2.05) is 0 Å². The summed E-state index contributed by atoms with van der Waals surface area (Å²) in [6.07, 6.45) is 0.454. The third-order valence-electron chi connectivity index (χ3n) is 0.991. The van der Waals surface area contributed by atoms with Gasteiger partial charge in [-0.15, -0.1) is 0 Å². The lowest BCUT2D eigenvalue weighted by Gasteiger charge is -2.08. The number of hydrogen-bond acceptors (Lipinski definition) is 3. The molecule has 0 aliphatic rings. The molecule has 4 heteroatoms. The van der Waals surface area contributed by atoms with E-state index in [4.69, 9.17) is 17.2 Å². The first-order valence-corrected chi connectivity index (χ1v) is 2.84. The standard InChI is InChI=1S/C5H13N3O/c1-3(6)2-4(7)5(8)9/h3-4H,2,6-7H2,1H3,(H2,8,9). The van der Waals surface area contributed by atoms with E-state index in [1.54, 1.807) is 6.92 Å². The molecule has 2 unspecified atom stereocenters. The van der Waals surface area contributed by atoms with Crippen LogP contribution in [0.4, 0.5) is 0 Å². The van der Waals surface area contributed by atoms with Crippen LogP contribution in [0.15, 0.2) is 0 Å². The summed E-state index contributed by atoms with van der Waals surface area (Å²) in [5.74, 6) is -0.493. The molecule has 0 radical (unpaired) electrons. The minimum absolute atomic E-state index is 0.0625. The minimum atomic E-state index is -0.593. The Balaban J connectivity index is 3.50. The van der Waals surface area contributed by atoms with Gasteiger partial charge in [0, 0.05) is 6.04 Å². The van der Waals surface area contributed by atoms with Crippen molar-refractivity contribution >= 4 is 5.91 Å². The molecule has 0 aromatic heterocycles. The monoisotopic (exact) mass is 131 g/mol. The van der Waals surface area contributed by atoms with Crippen LogP contribution in [0, 0.1) is 0 Å². The van der Waals surface area contributed by atoms with Crippen LogP contribution in [0.1, 0.15) is 13.3 Å².